The van der Waals surface area contributed by atoms with Gasteiger partial charge in [0.2, 0.25) is 5.91 Å². The predicted molar refractivity (Wildman–Crippen MR) is 94.8 cm³/mol. The molecule has 0 aliphatic carbocycles. The number of anilines is 1. The maximum atomic E-state index is 12.0. The van der Waals surface area contributed by atoms with Gasteiger partial charge in [0.05, 0.1) is 23.0 Å². The van der Waals surface area contributed by atoms with E-state index in [4.69, 9.17) is 0 Å². The largest absolute Gasteiger partial charge is 0.465 e. The van der Waals surface area contributed by atoms with E-state index >= 15 is 0 Å². The highest BCUT2D eigenvalue weighted by Gasteiger charge is 2.10. The summed E-state index contributed by atoms with van der Waals surface area (Å²) >= 11 is 5.08. The van der Waals surface area contributed by atoms with E-state index < -0.39 is 5.97 Å². The molecule has 0 radical (unpaired) electrons. The summed E-state index contributed by atoms with van der Waals surface area (Å²) in [5.74, 6) is -0.501. The summed E-state index contributed by atoms with van der Waals surface area (Å²) in [6.07, 6.45) is 0. The highest BCUT2D eigenvalue weighted by Crippen LogP contribution is 2.22. The Kier molecular flexibility index (Phi) is 6.32. The maximum Gasteiger partial charge on any atom is 0.337 e. The topological polar surface area (TPSA) is 58.6 Å². The van der Waals surface area contributed by atoms with Crippen molar-refractivity contribution in [1.29, 1.82) is 0 Å². The van der Waals surface area contributed by atoms with E-state index in [9.17, 15) is 9.59 Å². The number of carbonyl (C=O) groups excluding carboxylic acids is 2. The standard InChI is InChI=1S/C16H17BrN2O3S/c1-19(9-13-7-8-14(17)23-13)10-15(20)18-12-5-3-11(4-6-12)16(21)22-2/h3-8H,9-10H2,1-2H3,(H,18,20). The number of nitrogens with one attached hydrogen (secondary N) is 1. The van der Waals surface area contributed by atoms with Crippen molar-refractivity contribution in [2.45, 2.75) is 6.54 Å². The number of hydrogen-bond donors (Lipinski definition) is 1. The number of ether oxygens (including phenoxy) is 1. The van der Waals surface area contributed by atoms with Gasteiger partial charge in [-0.3, -0.25) is 9.69 Å². The normalized spacial score (nSPS) is 10.6. The fourth-order valence-electron chi connectivity index (χ4n) is 2.01. The van der Waals surface area contributed by atoms with Crippen molar-refractivity contribution in [1.82, 2.24) is 4.90 Å². The first kappa shape index (κ1) is 17.7. The molecular weight excluding hydrogens is 380 g/mol. The second kappa shape index (κ2) is 8.24. The number of rotatable bonds is 6. The van der Waals surface area contributed by atoms with E-state index in [1.165, 1.54) is 12.0 Å². The Labute approximate surface area is 147 Å². The lowest BCUT2D eigenvalue weighted by molar-refractivity contribution is -0.117. The average molecular weight is 397 g/mol. The number of carbonyl (C=O) groups is 2. The SMILES string of the molecule is COC(=O)c1ccc(NC(=O)CN(C)Cc2ccc(Br)s2)cc1. The van der Waals surface area contributed by atoms with Crippen molar-refractivity contribution in [3.8, 4) is 0 Å². The van der Waals surface area contributed by atoms with Crippen molar-refractivity contribution < 1.29 is 14.3 Å². The van der Waals surface area contributed by atoms with Crippen molar-refractivity contribution in [3.05, 3.63) is 50.6 Å². The summed E-state index contributed by atoms with van der Waals surface area (Å²) in [5.41, 5.74) is 1.10. The van der Waals surface area contributed by atoms with Crippen LogP contribution in [0, 0.1) is 0 Å². The lowest BCUT2D eigenvalue weighted by Crippen LogP contribution is -2.29. The summed E-state index contributed by atoms with van der Waals surface area (Å²) in [5, 5.41) is 2.81. The molecule has 0 saturated carbocycles. The van der Waals surface area contributed by atoms with E-state index in [0.29, 0.717) is 17.8 Å². The first-order chi connectivity index (χ1) is 11.0. The van der Waals surface area contributed by atoms with Gasteiger partial charge in [0, 0.05) is 17.1 Å². The van der Waals surface area contributed by atoms with Crippen LogP contribution in [0.1, 0.15) is 15.2 Å². The molecule has 1 aromatic carbocycles. The molecule has 1 N–H and O–H groups in total. The predicted octanol–water partition coefficient (Wildman–Crippen LogP) is 3.37. The van der Waals surface area contributed by atoms with Crippen LogP contribution in [0.25, 0.3) is 0 Å². The zero-order valence-electron chi connectivity index (χ0n) is 12.8. The van der Waals surface area contributed by atoms with Gasteiger partial charge >= 0.3 is 5.97 Å². The van der Waals surface area contributed by atoms with Gasteiger partial charge in [0.1, 0.15) is 0 Å². The molecular formula is C16H17BrN2O3S. The number of halogens is 1. The number of methoxy groups -OCH3 is 1. The first-order valence-corrected chi connectivity index (χ1v) is 8.50. The summed E-state index contributed by atoms with van der Waals surface area (Å²) in [7, 11) is 3.23. The molecule has 0 spiro atoms. The van der Waals surface area contributed by atoms with Gasteiger partial charge in [-0.1, -0.05) is 0 Å². The Morgan fingerprint density at radius 2 is 1.91 bits per heavy atom. The second-order valence-corrected chi connectivity index (χ2v) is 7.54. The molecule has 1 amide bonds. The average Bonchev–Trinajstić information content (AvgIpc) is 2.91. The molecule has 2 aromatic rings. The van der Waals surface area contributed by atoms with Crippen LogP contribution in [-0.2, 0) is 16.1 Å². The number of amides is 1. The van der Waals surface area contributed by atoms with Gasteiger partial charge < -0.3 is 10.1 Å². The first-order valence-electron chi connectivity index (χ1n) is 6.89. The smallest absolute Gasteiger partial charge is 0.337 e. The zero-order valence-corrected chi connectivity index (χ0v) is 15.2. The van der Waals surface area contributed by atoms with Crippen LogP contribution >= 0.6 is 27.3 Å². The van der Waals surface area contributed by atoms with E-state index in [-0.39, 0.29) is 12.5 Å². The molecule has 0 bridgehead atoms. The minimum absolute atomic E-state index is 0.103. The Balaban J connectivity index is 1.85. The van der Waals surface area contributed by atoms with Gasteiger partial charge in [-0.25, -0.2) is 4.79 Å². The Bertz CT molecular complexity index is 685. The third-order valence-electron chi connectivity index (χ3n) is 3.06. The number of esters is 1. The molecule has 0 unspecified atom stereocenters. The van der Waals surface area contributed by atoms with Crippen LogP contribution in [0.5, 0.6) is 0 Å². The number of thiophene rings is 1. The van der Waals surface area contributed by atoms with Crippen LogP contribution in [0.15, 0.2) is 40.2 Å². The van der Waals surface area contributed by atoms with E-state index in [0.717, 1.165) is 3.79 Å². The van der Waals surface area contributed by atoms with Gasteiger partial charge in [-0.05, 0) is 59.4 Å². The van der Waals surface area contributed by atoms with Crippen molar-refractivity contribution in [2.24, 2.45) is 0 Å². The fraction of sp³-hybridized carbons (Fsp3) is 0.250. The fourth-order valence-corrected chi connectivity index (χ4v) is 3.58. The lowest BCUT2D eigenvalue weighted by Gasteiger charge is -2.15. The number of benzene rings is 1. The molecule has 0 aliphatic heterocycles. The lowest BCUT2D eigenvalue weighted by atomic mass is 10.2. The highest BCUT2D eigenvalue weighted by atomic mass is 79.9. The van der Waals surface area contributed by atoms with Crippen LogP contribution < -0.4 is 5.32 Å². The van der Waals surface area contributed by atoms with Crippen LogP contribution in [0.3, 0.4) is 0 Å². The third-order valence-corrected chi connectivity index (χ3v) is 4.67. The molecule has 0 atom stereocenters. The van der Waals surface area contributed by atoms with Gasteiger partial charge in [0.15, 0.2) is 0 Å². The quantitative estimate of drug-likeness (QED) is 0.760. The highest BCUT2D eigenvalue weighted by molar-refractivity contribution is 9.11. The summed E-state index contributed by atoms with van der Waals surface area (Å²) in [6.45, 7) is 0.999. The molecule has 2 rings (SSSR count). The van der Waals surface area contributed by atoms with E-state index in [1.54, 1.807) is 35.6 Å². The van der Waals surface area contributed by atoms with Gasteiger partial charge in [0.25, 0.3) is 0 Å². The van der Waals surface area contributed by atoms with E-state index in [1.807, 2.05) is 24.1 Å². The van der Waals surface area contributed by atoms with E-state index in [2.05, 4.69) is 26.0 Å². The molecule has 1 heterocycles. The monoisotopic (exact) mass is 396 g/mol. The second-order valence-electron chi connectivity index (χ2n) is 5.00. The van der Waals surface area contributed by atoms with Crippen molar-refractivity contribution in [2.75, 3.05) is 26.0 Å². The third kappa shape index (κ3) is 5.46. The summed E-state index contributed by atoms with van der Waals surface area (Å²) in [4.78, 5) is 26.5. The van der Waals surface area contributed by atoms with Gasteiger partial charge in [-0.15, -0.1) is 11.3 Å². The van der Waals surface area contributed by atoms with Crippen molar-refractivity contribution >= 4 is 44.8 Å². The zero-order chi connectivity index (χ0) is 16.8. The van der Waals surface area contributed by atoms with Gasteiger partial charge in [-0.2, -0.15) is 0 Å². The van der Waals surface area contributed by atoms with Crippen molar-refractivity contribution in [3.63, 3.8) is 0 Å². The maximum absolute atomic E-state index is 12.0. The Morgan fingerprint density at radius 1 is 1.22 bits per heavy atom. The Hall–Kier alpha value is -1.70. The summed E-state index contributed by atoms with van der Waals surface area (Å²) < 4.78 is 5.71. The minimum Gasteiger partial charge on any atom is -0.465 e. The molecule has 0 saturated heterocycles. The molecule has 23 heavy (non-hydrogen) atoms. The van der Waals surface area contributed by atoms with Crippen LogP contribution in [-0.4, -0.2) is 37.5 Å². The molecule has 0 fully saturated rings. The number of hydrogen-bond acceptors (Lipinski definition) is 5. The summed E-state index contributed by atoms with van der Waals surface area (Å²) in [6, 6.07) is 10.6. The molecule has 1 aromatic heterocycles. The molecule has 5 nitrogen and oxygen atoms in total. The molecule has 7 heteroatoms. The number of likely N-dealkylation sites (N-methyl/N-ethyl adjacent to an activating group) is 1. The van der Waals surface area contributed by atoms with Crippen LogP contribution in [0.2, 0.25) is 0 Å². The molecule has 0 aliphatic rings. The molecule has 122 valence electrons. The minimum atomic E-state index is -0.398. The number of nitrogens with zero attached hydrogens (tertiary/aromatic N) is 1. The van der Waals surface area contributed by atoms with Crippen LogP contribution in [0.4, 0.5) is 5.69 Å². The Morgan fingerprint density at radius 3 is 2.48 bits per heavy atom.